The first-order chi connectivity index (χ1) is 15.0. The molecule has 0 aliphatic carbocycles. The highest BCUT2D eigenvalue weighted by Crippen LogP contribution is 2.35. The lowest BCUT2D eigenvalue weighted by molar-refractivity contribution is -0.122. The second-order valence-corrected chi connectivity index (χ2v) is 7.65. The Morgan fingerprint density at radius 3 is 2.45 bits per heavy atom. The van der Waals surface area contributed by atoms with Crippen LogP contribution in [0.1, 0.15) is 16.7 Å². The van der Waals surface area contributed by atoms with Gasteiger partial charge in [-0.2, -0.15) is 0 Å². The number of hydrogen-bond donors (Lipinski definition) is 1. The number of aromatic nitrogens is 3. The summed E-state index contributed by atoms with van der Waals surface area (Å²) in [6.45, 7) is 4.58. The standard InChI is InChI=1S/C22H21FN4S.CH2O2/c1-15-7-9-18(10-8-15)20-12-19-21(24-14-25-22(19)27(20)28-23)26(3)13-17-6-4-5-16(2)11-17;2-1-3/h4-12,14H,13H2,1-3H3;1H,(H,2,3). The van der Waals surface area contributed by atoms with Gasteiger partial charge in [0.05, 0.1) is 11.1 Å². The van der Waals surface area contributed by atoms with Gasteiger partial charge in [-0.25, -0.2) is 13.9 Å². The number of rotatable bonds is 5. The SMILES string of the molecule is Cc1ccc(-c2cc3c(N(C)Cc4cccc(C)c4)ncnc3n2SF)cc1.O=CO. The van der Waals surface area contributed by atoms with Gasteiger partial charge in [0.15, 0.2) is 18.0 Å². The highest BCUT2D eigenvalue weighted by Gasteiger charge is 2.18. The Bertz CT molecular complexity index is 1180. The molecule has 1 N–H and O–H groups in total. The maximum Gasteiger partial charge on any atom is 0.290 e. The van der Waals surface area contributed by atoms with Crippen molar-refractivity contribution in [3.05, 3.63) is 77.6 Å². The molecule has 0 bridgehead atoms. The van der Waals surface area contributed by atoms with Crippen LogP contribution in [0.15, 0.2) is 60.9 Å². The molecule has 0 saturated heterocycles. The monoisotopic (exact) mass is 438 g/mol. The van der Waals surface area contributed by atoms with Crippen molar-refractivity contribution in [2.75, 3.05) is 11.9 Å². The van der Waals surface area contributed by atoms with Crippen molar-refractivity contribution < 1.29 is 13.8 Å². The van der Waals surface area contributed by atoms with Crippen LogP contribution < -0.4 is 4.90 Å². The third-order valence-electron chi connectivity index (χ3n) is 4.81. The van der Waals surface area contributed by atoms with E-state index in [1.807, 2.05) is 44.3 Å². The molecule has 2 aromatic heterocycles. The van der Waals surface area contributed by atoms with E-state index in [1.54, 1.807) is 0 Å². The number of hydrogen-bond acceptors (Lipinski definition) is 5. The molecule has 4 aromatic rings. The van der Waals surface area contributed by atoms with E-state index in [4.69, 9.17) is 9.90 Å². The topological polar surface area (TPSA) is 71.2 Å². The molecule has 31 heavy (non-hydrogen) atoms. The van der Waals surface area contributed by atoms with Crippen LogP contribution in [0.25, 0.3) is 22.3 Å². The Labute approximate surface area is 184 Å². The summed E-state index contributed by atoms with van der Waals surface area (Å²) in [5.41, 5.74) is 5.88. The van der Waals surface area contributed by atoms with E-state index in [-0.39, 0.29) is 18.8 Å². The van der Waals surface area contributed by atoms with Crippen molar-refractivity contribution >= 4 is 35.7 Å². The number of benzene rings is 2. The molecule has 4 rings (SSSR count). The first-order valence-corrected chi connectivity index (χ1v) is 10.2. The van der Waals surface area contributed by atoms with Crippen molar-refractivity contribution in [3.8, 4) is 11.3 Å². The summed E-state index contributed by atoms with van der Waals surface area (Å²) >= 11 is 0.165. The van der Waals surface area contributed by atoms with Gasteiger partial charge in [0.2, 0.25) is 0 Å². The van der Waals surface area contributed by atoms with Crippen molar-refractivity contribution in [2.24, 2.45) is 0 Å². The Morgan fingerprint density at radius 2 is 1.81 bits per heavy atom. The molecule has 8 heteroatoms. The van der Waals surface area contributed by atoms with E-state index >= 15 is 0 Å². The lowest BCUT2D eigenvalue weighted by Crippen LogP contribution is -2.18. The first kappa shape index (κ1) is 22.3. The largest absolute Gasteiger partial charge is 0.483 e. The number of aryl methyl sites for hydroxylation is 2. The quantitative estimate of drug-likeness (QED) is 0.419. The molecule has 0 amide bonds. The summed E-state index contributed by atoms with van der Waals surface area (Å²) in [6, 6.07) is 18.4. The van der Waals surface area contributed by atoms with Crippen molar-refractivity contribution in [1.82, 2.24) is 13.9 Å². The van der Waals surface area contributed by atoms with Crippen LogP contribution in [-0.2, 0) is 11.3 Å². The second-order valence-electron chi connectivity index (χ2n) is 7.14. The zero-order chi connectivity index (χ0) is 22.4. The Kier molecular flexibility index (Phi) is 7.25. The molecule has 6 nitrogen and oxygen atoms in total. The van der Waals surface area contributed by atoms with Gasteiger partial charge < -0.3 is 10.0 Å². The zero-order valence-electron chi connectivity index (χ0n) is 17.5. The number of fused-ring (bicyclic) bond motifs is 1. The van der Waals surface area contributed by atoms with Gasteiger partial charge in [-0.15, -0.1) is 3.89 Å². The molecular formula is C23H23FN4O2S. The molecule has 0 spiro atoms. The van der Waals surface area contributed by atoms with Gasteiger partial charge in [0.25, 0.3) is 6.47 Å². The van der Waals surface area contributed by atoms with E-state index in [2.05, 4.69) is 46.1 Å². The molecule has 0 fully saturated rings. The van der Waals surface area contributed by atoms with Crippen molar-refractivity contribution in [2.45, 2.75) is 20.4 Å². The minimum absolute atomic E-state index is 0.165. The average Bonchev–Trinajstić information content (AvgIpc) is 3.13. The van der Waals surface area contributed by atoms with Crippen LogP contribution in [-0.4, -0.2) is 32.6 Å². The normalized spacial score (nSPS) is 10.5. The van der Waals surface area contributed by atoms with Crippen LogP contribution in [0.4, 0.5) is 9.70 Å². The van der Waals surface area contributed by atoms with Gasteiger partial charge in [0.1, 0.15) is 12.1 Å². The third kappa shape index (κ3) is 5.03. The summed E-state index contributed by atoms with van der Waals surface area (Å²) in [7, 11) is 2.00. The van der Waals surface area contributed by atoms with Gasteiger partial charge in [-0.3, -0.25) is 4.79 Å². The second kappa shape index (κ2) is 10.1. The summed E-state index contributed by atoms with van der Waals surface area (Å²) in [5.74, 6) is 0.785. The molecule has 2 aromatic carbocycles. The van der Waals surface area contributed by atoms with E-state index in [1.165, 1.54) is 21.4 Å². The summed E-state index contributed by atoms with van der Waals surface area (Å²) < 4.78 is 15.4. The highest BCUT2D eigenvalue weighted by atomic mass is 32.2. The van der Waals surface area contributed by atoms with Gasteiger partial charge >= 0.3 is 0 Å². The first-order valence-electron chi connectivity index (χ1n) is 9.55. The molecule has 0 radical (unpaired) electrons. The minimum Gasteiger partial charge on any atom is -0.483 e. The molecule has 160 valence electrons. The minimum atomic E-state index is -0.250. The van der Waals surface area contributed by atoms with Gasteiger partial charge in [0, 0.05) is 13.6 Å². The van der Waals surface area contributed by atoms with Crippen LogP contribution in [0.3, 0.4) is 0 Å². The summed E-state index contributed by atoms with van der Waals surface area (Å²) in [4.78, 5) is 19.3. The summed E-state index contributed by atoms with van der Waals surface area (Å²) in [5, 5.41) is 7.72. The van der Waals surface area contributed by atoms with Crippen LogP contribution >= 0.6 is 12.3 Å². The summed E-state index contributed by atoms with van der Waals surface area (Å²) in [6.07, 6.45) is 1.50. The fraction of sp³-hybridized carbons (Fsp3) is 0.174. The lowest BCUT2D eigenvalue weighted by Gasteiger charge is -2.19. The molecule has 0 aliphatic rings. The molecular weight excluding hydrogens is 415 g/mol. The number of anilines is 1. The Hall–Kier alpha value is -3.39. The predicted molar refractivity (Wildman–Crippen MR) is 124 cm³/mol. The fourth-order valence-electron chi connectivity index (χ4n) is 3.44. The van der Waals surface area contributed by atoms with Crippen LogP contribution in [0.2, 0.25) is 0 Å². The lowest BCUT2D eigenvalue weighted by atomic mass is 10.1. The maximum absolute atomic E-state index is 13.8. The van der Waals surface area contributed by atoms with Crippen LogP contribution in [0, 0.1) is 13.8 Å². The molecule has 2 heterocycles. The van der Waals surface area contributed by atoms with E-state index in [9.17, 15) is 3.89 Å². The number of nitrogens with zero attached hydrogens (tertiary/aromatic N) is 4. The smallest absolute Gasteiger partial charge is 0.290 e. The number of halogens is 1. The van der Waals surface area contributed by atoms with Crippen molar-refractivity contribution in [1.29, 1.82) is 0 Å². The Morgan fingerprint density at radius 1 is 1.10 bits per heavy atom. The van der Waals surface area contributed by atoms with E-state index < -0.39 is 0 Å². The van der Waals surface area contributed by atoms with E-state index in [0.29, 0.717) is 12.2 Å². The average molecular weight is 439 g/mol. The zero-order valence-corrected chi connectivity index (χ0v) is 18.3. The van der Waals surface area contributed by atoms with Gasteiger partial charge in [-0.05, 0) is 31.0 Å². The predicted octanol–water partition coefficient (Wildman–Crippen LogP) is 5.43. The number of carboxylic acid groups (broad SMARTS) is 1. The highest BCUT2D eigenvalue weighted by molar-refractivity contribution is 7.93. The molecule has 0 atom stereocenters. The van der Waals surface area contributed by atoms with Crippen LogP contribution in [0.5, 0.6) is 0 Å². The maximum atomic E-state index is 13.8. The fourth-order valence-corrected chi connectivity index (χ4v) is 3.88. The van der Waals surface area contributed by atoms with Gasteiger partial charge in [-0.1, -0.05) is 59.7 Å². The van der Waals surface area contributed by atoms with E-state index in [0.717, 1.165) is 28.0 Å². The third-order valence-corrected chi connectivity index (χ3v) is 5.32. The number of carbonyl (C=O) groups is 1. The molecule has 0 saturated carbocycles. The molecule has 0 aliphatic heterocycles. The van der Waals surface area contributed by atoms with Crippen molar-refractivity contribution in [3.63, 3.8) is 0 Å². The Balaban J connectivity index is 0.000000858. The molecule has 0 unspecified atom stereocenters.